The number of aliphatic carboxylic acids is 3. The van der Waals surface area contributed by atoms with Crippen LogP contribution >= 0.6 is 0 Å². The Balaban J connectivity index is 2.27. The summed E-state index contributed by atoms with van der Waals surface area (Å²) in [5, 5.41) is 28.6. The zero-order valence-corrected chi connectivity index (χ0v) is 23.1. The van der Waals surface area contributed by atoms with Gasteiger partial charge in [-0.1, -0.05) is 51.1 Å². The lowest BCUT2D eigenvalue weighted by Gasteiger charge is -2.43. The minimum absolute atomic E-state index is 0.0278. The Hall–Kier alpha value is -3.06. The summed E-state index contributed by atoms with van der Waals surface area (Å²) in [4.78, 5) is 54.8. The molecule has 0 aromatic heterocycles. The fourth-order valence-corrected chi connectivity index (χ4v) is 4.66. The van der Waals surface area contributed by atoms with Gasteiger partial charge in [0.1, 0.15) is 6.61 Å². The normalized spacial score (nSPS) is 19.5. The van der Waals surface area contributed by atoms with E-state index in [0.717, 1.165) is 5.56 Å². The number of hydrogen-bond donors (Lipinski definition) is 3. The average Bonchev–Trinajstić information content (AvgIpc) is 2.83. The van der Waals surface area contributed by atoms with Gasteiger partial charge in [-0.2, -0.15) is 0 Å². The fourth-order valence-electron chi connectivity index (χ4n) is 4.66. The summed E-state index contributed by atoms with van der Waals surface area (Å²) in [6.07, 6.45) is 0. The number of carboxylic acids is 3. The highest BCUT2D eigenvalue weighted by atomic mass is 16.5. The average molecular weight is 551 g/mol. The summed E-state index contributed by atoms with van der Waals surface area (Å²) in [7, 11) is 0. The number of carbonyl (C=O) groups excluding carboxylic acids is 1. The van der Waals surface area contributed by atoms with Gasteiger partial charge in [-0.3, -0.25) is 38.8 Å². The lowest BCUT2D eigenvalue weighted by atomic mass is 9.85. The molecule has 1 aromatic rings. The van der Waals surface area contributed by atoms with Crippen molar-refractivity contribution < 1.29 is 39.2 Å². The van der Waals surface area contributed by atoms with Crippen molar-refractivity contribution in [1.29, 1.82) is 0 Å². The first-order valence-corrected chi connectivity index (χ1v) is 13.1. The quantitative estimate of drug-likeness (QED) is 0.350. The van der Waals surface area contributed by atoms with E-state index in [0.29, 0.717) is 45.8 Å². The molecular weight excluding hydrogens is 508 g/mol. The summed E-state index contributed by atoms with van der Waals surface area (Å²) in [6, 6.07) is 8.99. The highest BCUT2D eigenvalue weighted by molar-refractivity contribution is 5.72. The van der Waals surface area contributed by atoms with Crippen molar-refractivity contribution in [3.05, 3.63) is 35.9 Å². The number of carboxylic acid groups (broad SMARTS) is 3. The number of rotatable bonds is 10. The van der Waals surface area contributed by atoms with E-state index < -0.39 is 29.3 Å². The third-order valence-corrected chi connectivity index (χ3v) is 6.69. The highest BCUT2D eigenvalue weighted by Gasteiger charge is 2.34. The van der Waals surface area contributed by atoms with Gasteiger partial charge >= 0.3 is 23.9 Å². The van der Waals surface area contributed by atoms with Gasteiger partial charge in [0.2, 0.25) is 0 Å². The standard InChI is InChI=1S/C27H42N4O8/c1-27(2,3)22-15-30(17-24(34)35)12-11-28(16-23(32)33)9-10-29(13-14-31(22)18-25(36)37)19-26(38)39-20-21-7-5-4-6-8-21/h4-8,22H,9-20H2,1-3H3,(H,32,33)(H,34,35)(H,36,37). The van der Waals surface area contributed by atoms with Crippen molar-refractivity contribution in [1.82, 2.24) is 19.6 Å². The van der Waals surface area contributed by atoms with Crippen LogP contribution in [-0.4, -0.2) is 137 Å². The summed E-state index contributed by atoms with van der Waals surface area (Å²) in [6.45, 7) is 7.60. The molecule has 3 N–H and O–H groups in total. The van der Waals surface area contributed by atoms with Crippen LogP contribution in [0.5, 0.6) is 0 Å². The molecule has 0 aliphatic carbocycles. The summed E-state index contributed by atoms with van der Waals surface area (Å²) >= 11 is 0. The minimum atomic E-state index is -1.01. The minimum Gasteiger partial charge on any atom is -0.480 e. The van der Waals surface area contributed by atoms with E-state index in [1.807, 2.05) is 60.9 Å². The molecule has 1 unspecified atom stereocenters. The zero-order chi connectivity index (χ0) is 29.0. The molecule has 1 atom stereocenters. The van der Waals surface area contributed by atoms with Crippen molar-refractivity contribution in [2.75, 3.05) is 72.0 Å². The zero-order valence-electron chi connectivity index (χ0n) is 23.1. The number of ether oxygens (including phenoxy) is 1. The second-order valence-corrected chi connectivity index (χ2v) is 11.0. The fraction of sp³-hybridized carbons (Fsp3) is 0.630. The second kappa shape index (κ2) is 15.5. The summed E-state index contributed by atoms with van der Waals surface area (Å²) in [5.41, 5.74) is 0.468. The molecule has 0 bridgehead atoms. The molecule has 1 aliphatic rings. The number of benzene rings is 1. The van der Waals surface area contributed by atoms with Crippen molar-refractivity contribution in [3.8, 4) is 0 Å². The van der Waals surface area contributed by atoms with Gasteiger partial charge < -0.3 is 20.1 Å². The summed E-state index contributed by atoms with van der Waals surface area (Å²) < 4.78 is 5.45. The third-order valence-electron chi connectivity index (χ3n) is 6.69. The predicted molar refractivity (Wildman–Crippen MR) is 143 cm³/mol. The van der Waals surface area contributed by atoms with Crippen LogP contribution in [0, 0.1) is 5.41 Å². The van der Waals surface area contributed by atoms with Gasteiger partial charge in [0.15, 0.2) is 0 Å². The number of hydrogen-bond acceptors (Lipinski definition) is 9. The molecule has 2 rings (SSSR count). The van der Waals surface area contributed by atoms with Crippen molar-refractivity contribution >= 4 is 23.9 Å². The van der Waals surface area contributed by atoms with Gasteiger partial charge in [0.05, 0.1) is 26.2 Å². The first kappa shape index (κ1) is 32.2. The van der Waals surface area contributed by atoms with Gasteiger partial charge in [-0.05, 0) is 11.0 Å². The lowest BCUT2D eigenvalue weighted by Crippen LogP contribution is -2.56. The van der Waals surface area contributed by atoms with E-state index in [-0.39, 0.29) is 38.8 Å². The summed E-state index contributed by atoms with van der Waals surface area (Å²) in [5.74, 6) is -3.44. The Morgan fingerprint density at radius 1 is 0.744 bits per heavy atom. The van der Waals surface area contributed by atoms with Gasteiger partial charge in [0.25, 0.3) is 0 Å². The van der Waals surface area contributed by atoms with Gasteiger partial charge in [-0.25, -0.2) is 0 Å². The van der Waals surface area contributed by atoms with E-state index >= 15 is 0 Å². The van der Waals surface area contributed by atoms with Gasteiger partial charge in [-0.15, -0.1) is 0 Å². The molecule has 1 saturated heterocycles. The number of carbonyl (C=O) groups is 4. The van der Waals surface area contributed by atoms with Crippen LogP contribution in [0.1, 0.15) is 26.3 Å². The van der Waals surface area contributed by atoms with Crippen LogP contribution in [0.2, 0.25) is 0 Å². The maximum atomic E-state index is 12.7. The Kier molecular flexibility index (Phi) is 12.8. The van der Waals surface area contributed by atoms with Crippen LogP contribution in [-0.2, 0) is 30.5 Å². The van der Waals surface area contributed by atoms with E-state index in [4.69, 9.17) is 4.74 Å². The molecule has 1 heterocycles. The smallest absolute Gasteiger partial charge is 0.320 e. The molecule has 1 fully saturated rings. The largest absolute Gasteiger partial charge is 0.480 e. The van der Waals surface area contributed by atoms with E-state index in [9.17, 15) is 34.5 Å². The molecule has 1 aliphatic heterocycles. The Bertz CT molecular complexity index is 953. The van der Waals surface area contributed by atoms with Gasteiger partial charge in [0, 0.05) is 51.9 Å². The molecule has 0 saturated carbocycles. The van der Waals surface area contributed by atoms with Crippen LogP contribution in [0.4, 0.5) is 0 Å². The Morgan fingerprint density at radius 2 is 1.23 bits per heavy atom. The van der Waals surface area contributed by atoms with Crippen molar-refractivity contribution in [3.63, 3.8) is 0 Å². The maximum absolute atomic E-state index is 12.7. The van der Waals surface area contributed by atoms with Crippen LogP contribution in [0.3, 0.4) is 0 Å². The highest BCUT2D eigenvalue weighted by Crippen LogP contribution is 2.26. The molecule has 0 amide bonds. The van der Waals surface area contributed by atoms with E-state index in [2.05, 4.69) is 0 Å². The first-order valence-electron chi connectivity index (χ1n) is 13.1. The van der Waals surface area contributed by atoms with Crippen LogP contribution in [0.15, 0.2) is 30.3 Å². The first-order chi connectivity index (χ1) is 18.3. The van der Waals surface area contributed by atoms with Crippen molar-refractivity contribution in [2.45, 2.75) is 33.4 Å². The molecule has 1 aromatic carbocycles. The molecule has 0 radical (unpaired) electrons. The Labute approximate surface area is 229 Å². The van der Waals surface area contributed by atoms with Crippen LogP contribution in [0.25, 0.3) is 0 Å². The lowest BCUT2D eigenvalue weighted by molar-refractivity contribution is -0.147. The monoisotopic (exact) mass is 550 g/mol. The molecule has 218 valence electrons. The number of nitrogens with zero attached hydrogens (tertiary/aromatic N) is 4. The molecule has 0 spiro atoms. The molecule has 12 heteroatoms. The topological polar surface area (TPSA) is 151 Å². The second-order valence-electron chi connectivity index (χ2n) is 11.0. The molecule has 39 heavy (non-hydrogen) atoms. The third kappa shape index (κ3) is 12.6. The van der Waals surface area contributed by atoms with E-state index in [1.165, 1.54) is 0 Å². The predicted octanol–water partition coefficient (Wildman–Crippen LogP) is 0.620. The van der Waals surface area contributed by atoms with Crippen molar-refractivity contribution in [2.24, 2.45) is 5.41 Å². The Morgan fingerprint density at radius 3 is 1.77 bits per heavy atom. The molecular formula is C27H42N4O8. The SMILES string of the molecule is CC(C)(C)C1CN(CC(=O)O)CCN(CC(=O)O)CCN(CC(=O)OCc2ccccc2)CCN1CC(=O)O. The maximum Gasteiger partial charge on any atom is 0.320 e. The molecule has 12 nitrogen and oxygen atoms in total. The number of esters is 1. The van der Waals surface area contributed by atoms with Crippen LogP contribution < -0.4 is 0 Å². The van der Waals surface area contributed by atoms with E-state index in [1.54, 1.807) is 9.80 Å².